The van der Waals surface area contributed by atoms with Crippen LogP contribution in [0.15, 0.2) is 36.4 Å². The average Bonchev–Trinajstić information content (AvgIpc) is 2.45. The maximum atomic E-state index is 12.4. The maximum absolute atomic E-state index is 12.4. The first-order valence-electron chi connectivity index (χ1n) is 6.63. The summed E-state index contributed by atoms with van der Waals surface area (Å²) in [4.78, 5) is 22.8. The molecule has 114 valence electrons. The molecular formula is C16H16N2O4. The zero-order valence-corrected chi connectivity index (χ0v) is 12.5. The van der Waals surface area contributed by atoms with E-state index < -0.39 is 10.8 Å². The quantitative estimate of drug-likeness (QED) is 0.692. The third-order valence-corrected chi connectivity index (χ3v) is 3.12. The summed E-state index contributed by atoms with van der Waals surface area (Å²) in [5.74, 6) is -0.160. The Kier molecular flexibility index (Phi) is 4.41. The number of nitro benzene ring substituents is 1. The molecule has 1 amide bonds. The molecule has 2 aromatic rings. The average molecular weight is 300 g/mol. The van der Waals surface area contributed by atoms with Gasteiger partial charge >= 0.3 is 0 Å². The first-order chi connectivity index (χ1) is 10.4. The molecule has 0 unspecified atom stereocenters. The van der Waals surface area contributed by atoms with E-state index in [0.717, 1.165) is 11.1 Å². The van der Waals surface area contributed by atoms with Crippen molar-refractivity contribution in [3.63, 3.8) is 0 Å². The number of hydrogen-bond donors (Lipinski definition) is 1. The summed E-state index contributed by atoms with van der Waals surface area (Å²) in [7, 11) is 1.44. The van der Waals surface area contributed by atoms with Crippen LogP contribution in [0.3, 0.4) is 0 Å². The van der Waals surface area contributed by atoms with E-state index in [2.05, 4.69) is 5.32 Å². The summed E-state index contributed by atoms with van der Waals surface area (Å²) < 4.78 is 5.03. The lowest BCUT2D eigenvalue weighted by atomic mass is 10.1. The van der Waals surface area contributed by atoms with Gasteiger partial charge in [0.05, 0.1) is 12.0 Å². The Morgan fingerprint density at radius 1 is 1.14 bits per heavy atom. The van der Waals surface area contributed by atoms with E-state index in [1.165, 1.54) is 25.3 Å². The lowest BCUT2D eigenvalue weighted by molar-refractivity contribution is -0.385. The minimum atomic E-state index is -0.587. The molecule has 6 nitrogen and oxygen atoms in total. The van der Waals surface area contributed by atoms with Crippen LogP contribution < -0.4 is 10.1 Å². The lowest BCUT2D eigenvalue weighted by Gasteiger charge is -2.09. The van der Waals surface area contributed by atoms with E-state index in [4.69, 9.17) is 4.74 Å². The molecule has 0 heterocycles. The highest BCUT2D eigenvalue weighted by atomic mass is 16.6. The Labute approximate surface area is 127 Å². The number of nitrogens with zero attached hydrogens (tertiary/aromatic N) is 1. The van der Waals surface area contributed by atoms with Gasteiger partial charge in [-0.15, -0.1) is 0 Å². The predicted octanol–water partition coefficient (Wildman–Crippen LogP) is 3.47. The number of aryl methyl sites for hydroxylation is 2. The Morgan fingerprint density at radius 3 is 2.32 bits per heavy atom. The van der Waals surface area contributed by atoms with Gasteiger partial charge in [-0.2, -0.15) is 0 Å². The summed E-state index contributed by atoms with van der Waals surface area (Å²) in [6.07, 6.45) is 0. The summed E-state index contributed by atoms with van der Waals surface area (Å²) in [5.41, 5.74) is 2.29. The molecule has 0 radical (unpaired) electrons. The molecule has 0 spiro atoms. The van der Waals surface area contributed by atoms with Gasteiger partial charge in [0.1, 0.15) is 11.3 Å². The number of carbonyl (C=O) groups excluding carboxylic acids is 1. The fourth-order valence-electron chi connectivity index (χ4n) is 2.23. The first kappa shape index (κ1) is 15.5. The smallest absolute Gasteiger partial charge is 0.282 e. The van der Waals surface area contributed by atoms with Crippen LogP contribution in [0.2, 0.25) is 0 Å². The number of anilines is 1. The fourth-order valence-corrected chi connectivity index (χ4v) is 2.23. The van der Waals surface area contributed by atoms with Crippen LogP contribution >= 0.6 is 0 Å². The van der Waals surface area contributed by atoms with Crippen molar-refractivity contribution >= 4 is 17.3 Å². The van der Waals surface area contributed by atoms with Gasteiger partial charge in [-0.05, 0) is 49.2 Å². The van der Waals surface area contributed by atoms with E-state index in [-0.39, 0.29) is 11.3 Å². The molecule has 0 aromatic heterocycles. The van der Waals surface area contributed by atoms with Gasteiger partial charge in [-0.1, -0.05) is 6.07 Å². The van der Waals surface area contributed by atoms with Crippen molar-refractivity contribution in [2.75, 3.05) is 12.4 Å². The molecule has 2 aromatic carbocycles. The van der Waals surface area contributed by atoms with Gasteiger partial charge in [-0.3, -0.25) is 14.9 Å². The normalized spacial score (nSPS) is 10.1. The standard InChI is InChI=1S/C16H16N2O4/c1-10-6-11(2)8-12(7-10)17-16(19)14-9-13(22-3)4-5-15(14)18(20)21/h4-9H,1-3H3,(H,17,19). The zero-order valence-electron chi connectivity index (χ0n) is 12.5. The van der Waals surface area contributed by atoms with E-state index in [0.29, 0.717) is 11.4 Å². The van der Waals surface area contributed by atoms with Gasteiger partial charge in [0, 0.05) is 11.8 Å². The van der Waals surface area contributed by atoms with Crippen molar-refractivity contribution in [1.82, 2.24) is 0 Å². The monoisotopic (exact) mass is 300 g/mol. The SMILES string of the molecule is COc1ccc([N+](=O)[O-])c(C(=O)Nc2cc(C)cc(C)c2)c1. The number of methoxy groups -OCH3 is 1. The molecule has 0 saturated carbocycles. The summed E-state index contributed by atoms with van der Waals surface area (Å²) >= 11 is 0. The first-order valence-corrected chi connectivity index (χ1v) is 6.63. The highest BCUT2D eigenvalue weighted by molar-refractivity contribution is 6.07. The van der Waals surface area contributed by atoms with Gasteiger partial charge in [0.2, 0.25) is 0 Å². The fraction of sp³-hybridized carbons (Fsp3) is 0.188. The van der Waals surface area contributed by atoms with Gasteiger partial charge in [0.15, 0.2) is 0 Å². The summed E-state index contributed by atoms with van der Waals surface area (Å²) in [6, 6.07) is 9.65. The maximum Gasteiger partial charge on any atom is 0.282 e. The van der Waals surface area contributed by atoms with Crippen LogP contribution in [0.1, 0.15) is 21.5 Å². The van der Waals surface area contributed by atoms with E-state index in [1.807, 2.05) is 19.9 Å². The Balaban J connectivity index is 2.37. The molecule has 1 N–H and O–H groups in total. The van der Waals surface area contributed by atoms with Crippen LogP contribution in [0.25, 0.3) is 0 Å². The molecule has 6 heteroatoms. The molecular weight excluding hydrogens is 284 g/mol. The Hall–Kier alpha value is -2.89. The predicted molar refractivity (Wildman–Crippen MR) is 83.5 cm³/mol. The molecule has 0 aliphatic rings. The molecule has 22 heavy (non-hydrogen) atoms. The molecule has 0 saturated heterocycles. The van der Waals surface area contributed by atoms with Crippen molar-refractivity contribution < 1.29 is 14.5 Å². The summed E-state index contributed by atoms with van der Waals surface area (Å²) in [6.45, 7) is 3.83. The third kappa shape index (κ3) is 3.41. The van der Waals surface area contributed by atoms with Gasteiger partial charge in [-0.25, -0.2) is 0 Å². The number of benzene rings is 2. The van der Waals surface area contributed by atoms with Crippen LogP contribution in [0, 0.1) is 24.0 Å². The number of ether oxygens (including phenoxy) is 1. The molecule has 2 rings (SSSR count). The minimum Gasteiger partial charge on any atom is -0.497 e. The second-order valence-corrected chi connectivity index (χ2v) is 4.97. The highest BCUT2D eigenvalue weighted by Crippen LogP contribution is 2.25. The van der Waals surface area contributed by atoms with Gasteiger partial charge in [0.25, 0.3) is 11.6 Å². The number of carbonyl (C=O) groups is 1. The van der Waals surface area contributed by atoms with E-state index in [9.17, 15) is 14.9 Å². The van der Waals surface area contributed by atoms with Crippen LogP contribution in [0.5, 0.6) is 5.75 Å². The topological polar surface area (TPSA) is 81.5 Å². The molecule has 0 fully saturated rings. The highest BCUT2D eigenvalue weighted by Gasteiger charge is 2.21. The lowest BCUT2D eigenvalue weighted by Crippen LogP contribution is -2.14. The Bertz CT molecular complexity index is 721. The second-order valence-electron chi connectivity index (χ2n) is 4.97. The number of hydrogen-bond acceptors (Lipinski definition) is 4. The van der Waals surface area contributed by atoms with E-state index >= 15 is 0 Å². The van der Waals surface area contributed by atoms with E-state index in [1.54, 1.807) is 12.1 Å². The van der Waals surface area contributed by atoms with Crippen molar-refractivity contribution in [1.29, 1.82) is 0 Å². The zero-order chi connectivity index (χ0) is 16.3. The van der Waals surface area contributed by atoms with Crippen molar-refractivity contribution in [3.8, 4) is 5.75 Å². The number of nitro groups is 1. The number of nitrogens with one attached hydrogen (secondary N) is 1. The molecule has 0 aliphatic carbocycles. The van der Waals surface area contributed by atoms with Crippen LogP contribution in [-0.2, 0) is 0 Å². The van der Waals surface area contributed by atoms with Crippen LogP contribution in [0.4, 0.5) is 11.4 Å². The molecule has 0 atom stereocenters. The number of rotatable bonds is 4. The number of amides is 1. The van der Waals surface area contributed by atoms with Crippen LogP contribution in [-0.4, -0.2) is 17.9 Å². The summed E-state index contributed by atoms with van der Waals surface area (Å²) in [5, 5.41) is 13.8. The van der Waals surface area contributed by atoms with Crippen molar-refractivity contribution in [2.24, 2.45) is 0 Å². The largest absolute Gasteiger partial charge is 0.497 e. The molecule has 0 bridgehead atoms. The molecule has 0 aliphatic heterocycles. The second kappa shape index (κ2) is 6.26. The van der Waals surface area contributed by atoms with Crippen molar-refractivity contribution in [3.05, 3.63) is 63.2 Å². The third-order valence-electron chi connectivity index (χ3n) is 3.12. The van der Waals surface area contributed by atoms with Crippen molar-refractivity contribution in [2.45, 2.75) is 13.8 Å². The van der Waals surface area contributed by atoms with Gasteiger partial charge < -0.3 is 10.1 Å². The minimum absolute atomic E-state index is 0.0384. The Morgan fingerprint density at radius 2 is 1.77 bits per heavy atom.